The fourth-order valence-corrected chi connectivity index (χ4v) is 2.09. The number of rotatable bonds is 2. The number of hydrogen-bond acceptors (Lipinski definition) is 2. The molecule has 15 heavy (non-hydrogen) atoms. The van der Waals surface area contributed by atoms with Gasteiger partial charge in [-0.15, -0.1) is 11.3 Å². The van der Waals surface area contributed by atoms with Gasteiger partial charge in [0, 0.05) is 10.4 Å². The molecule has 2 heteroatoms. The van der Waals surface area contributed by atoms with Crippen molar-refractivity contribution in [2.24, 2.45) is 0 Å². The fraction of sp³-hybridized carbons (Fsp3) is 0.308. The van der Waals surface area contributed by atoms with Crippen molar-refractivity contribution in [3.63, 3.8) is 0 Å². The summed E-state index contributed by atoms with van der Waals surface area (Å²) in [5.41, 5.74) is 6.55. The highest BCUT2D eigenvalue weighted by Crippen LogP contribution is 2.25. The molecule has 0 atom stereocenters. The van der Waals surface area contributed by atoms with Crippen LogP contribution < -0.4 is 0 Å². The summed E-state index contributed by atoms with van der Waals surface area (Å²) in [7, 11) is 0. The number of benzene rings is 1. The second-order valence-corrected chi connectivity index (χ2v) is 4.99. The molecule has 0 unspecified atom stereocenters. The number of nitrogens with zero attached hydrogens (tertiary/aromatic N) is 1. The highest BCUT2D eigenvalue weighted by molar-refractivity contribution is 7.09. The third-order valence-electron chi connectivity index (χ3n) is 2.54. The summed E-state index contributed by atoms with van der Waals surface area (Å²) < 4.78 is 0. The van der Waals surface area contributed by atoms with Gasteiger partial charge in [0.15, 0.2) is 5.51 Å². The highest BCUT2D eigenvalue weighted by Gasteiger charge is 2.05. The van der Waals surface area contributed by atoms with E-state index >= 15 is 0 Å². The quantitative estimate of drug-likeness (QED) is 0.738. The van der Waals surface area contributed by atoms with Crippen molar-refractivity contribution in [2.45, 2.75) is 26.7 Å². The predicted molar refractivity (Wildman–Crippen MR) is 65.2 cm³/mol. The Morgan fingerprint density at radius 1 is 1.20 bits per heavy atom. The van der Waals surface area contributed by atoms with E-state index in [0.717, 1.165) is 5.69 Å². The summed E-state index contributed by atoms with van der Waals surface area (Å²) in [4.78, 5) is 5.48. The van der Waals surface area contributed by atoms with Gasteiger partial charge < -0.3 is 0 Å². The van der Waals surface area contributed by atoms with Gasteiger partial charge in [-0.05, 0) is 18.4 Å². The molecule has 0 saturated carbocycles. The largest absolute Gasteiger partial charge is 0.233 e. The van der Waals surface area contributed by atoms with Crippen LogP contribution in [0.4, 0.5) is 0 Å². The lowest BCUT2D eigenvalue weighted by Crippen LogP contribution is -1.87. The van der Waals surface area contributed by atoms with E-state index < -0.39 is 0 Å². The van der Waals surface area contributed by atoms with Crippen LogP contribution in [0, 0.1) is 12.4 Å². The van der Waals surface area contributed by atoms with Crippen LogP contribution in [-0.2, 0) is 0 Å². The molecule has 1 radical (unpaired) electrons. The SMILES string of the molecule is Cc1s[c]nc1-c1ccc(C(C)C)cc1. The van der Waals surface area contributed by atoms with Crippen LogP contribution in [-0.4, -0.2) is 4.98 Å². The average molecular weight is 216 g/mol. The average Bonchev–Trinajstić information content (AvgIpc) is 2.65. The zero-order valence-electron chi connectivity index (χ0n) is 9.24. The Labute approximate surface area is 94.8 Å². The van der Waals surface area contributed by atoms with Crippen molar-refractivity contribution >= 4 is 11.3 Å². The first kappa shape index (κ1) is 10.4. The zero-order chi connectivity index (χ0) is 10.8. The van der Waals surface area contributed by atoms with Gasteiger partial charge in [0.2, 0.25) is 0 Å². The first-order valence-corrected chi connectivity index (χ1v) is 5.94. The third-order valence-corrected chi connectivity index (χ3v) is 3.22. The van der Waals surface area contributed by atoms with Crippen molar-refractivity contribution in [3.8, 4) is 11.3 Å². The zero-order valence-corrected chi connectivity index (χ0v) is 10.1. The van der Waals surface area contributed by atoms with Gasteiger partial charge in [-0.1, -0.05) is 38.1 Å². The molecule has 0 saturated heterocycles. The fourth-order valence-electron chi connectivity index (χ4n) is 1.56. The maximum Gasteiger partial charge on any atom is 0.153 e. The van der Waals surface area contributed by atoms with E-state index in [1.54, 1.807) is 11.3 Å². The maximum atomic E-state index is 4.25. The molecule has 0 bridgehead atoms. The van der Waals surface area contributed by atoms with E-state index in [-0.39, 0.29) is 0 Å². The van der Waals surface area contributed by atoms with Gasteiger partial charge in [0.25, 0.3) is 0 Å². The second-order valence-electron chi connectivity index (χ2n) is 3.99. The lowest BCUT2D eigenvalue weighted by Gasteiger charge is -2.05. The van der Waals surface area contributed by atoms with Crippen molar-refractivity contribution in [1.82, 2.24) is 4.98 Å². The summed E-state index contributed by atoms with van der Waals surface area (Å²) in [6.45, 7) is 6.49. The van der Waals surface area contributed by atoms with E-state index in [1.165, 1.54) is 16.0 Å². The van der Waals surface area contributed by atoms with Gasteiger partial charge >= 0.3 is 0 Å². The third kappa shape index (κ3) is 2.10. The number of aryl methyl sites for hydroxylation is 1. The monoisotopic (exact) mass is 216 g/mol. The Kier molecular flexibility index (Phi) is 2.87. The molecule has 77 valence electrons. The lowest BCUT2D eigenvalue weighted by molar-refractivity contribution is 0.867. The highest BCUT2D eigenvalue weighted by atomic mass is 32.1. The minimum atomic E-state index is 0.585. The molecule has 0 aliphatic heterocycles. The molecule has 0 aliphatic rings. The molecule has 0 spiro atoms. The van der Waals surface area contributed by atoms with Crippen LogP contribution in [0.2, 0.25) is 0 Å². The lowest BCUT2D eigenvalue weighted by atomic mass is 10.0. The maximum absolute atomic E-state index is 4.25. The molecule has 2 aromatic rings. The van der Waals surface area contributed by atoms with Crippen LogP contribution in [0.1, 0.15) is 30.2 Å². The second kappa shape index (κ2) is 4.15. The first-order chi connectivity index (χ1) is 7.18. The summed E-state index contributed by atoms with van der Waals surface area (Å²) in [6.07, 6.45) is 0. The standard InChI is InChI=1S/C13H14NS/c1-9(2)11-4-6-12(7-5-11)13-10(3)15-8-14-13/h4-7,9H,1-3H3. The first-order valence-electron chi connectivity index (χ1n) is 5.12. The van der Waals surface area contributed by atoms with Gasteiger partial charge in [0.05, 0.1) is 5.69 Å². The molecule has 1 nitrogen and oxygen atoms in total. The minimum Gasteiger partial charge on any atom is -0.233 e. The molecule has 0 N–H and O–H groups in total. The summed E-state index contributed by atoms with van der Waals surface area (Å²) in [5.74, 6) is 0.585. The molecule has 1 aromatic heterocycles. The van der Waals surface area contributed by atoms with Gasteiger partial charge in [-0.2, -0.15) is 0 Å². The molecule has 0 fully saturated rings. The van der Waals surface area contributed by atoms with Gasteiger partial charge in [-0.25, -0.2) is 4.98 Å². The van der Waals surface area contributed by atoms with Crippen LogP contribution in [0.15, 0.2) is 24.3 Å². The van der Waals surface area contributed by atoms with E-state index in [1.807, 2.05) is 0 Å². The number of thiazole rings is 1. The van der Waals surface area contributed by atoms with E-state index in [0.29, 0.717) is 5.92 Å². The smallest absolute Gasteiger partial charge is 0.153 e. The molecule has 0 aliphatic carbocycles. The predicted octanol–water partition coefficient (Wildman–Crippen LogP) is 4.04. The van der Waals surface area contributed by atoms with E-state index in [2.05, 4.69) is 55.5 Å². The van der Waals surface area contributed by atoms with Gasteiger partial charge in [-0.3, -0.25) is 0 Å². The molecule has 2 rings (SSSR count). The van der Waals surface area contributed by atoms with Crippen LogP contribution in [0.3, 0.4) is 0 Å². The van der Waals surface area contributed by atoms with Crippen LogP contribution in [0.5, 0.6) is 0 Å². The summed E-state index contributed by atoms with van der Waals surface area (Å²) >= 11 is 1.57. The van der Waals surface area contributed by atoms with Crippen LogP contribution >= 0.6 is 11.3 Å². The van der Waals surface area contributed by atoms with E-state index in [4.69, 9.17) is 0 Å². The Morgan fingerprint density at radius 2 is 1.87 bits per heavy atom. The van der Waals surface area contributed by atoms with Gasteiger partial charge in [0.1, 0.15) is 0 Å². The van der Waals surface area contributed by atoms with Crippen molar-refractivity contribution in [2.75, 3.05) is 0 Å². The van der Waals surface area contributed by atoms with Crippen LogP contribution in [0.25, 0.3) is 11.3 Å². The molecular formula is C13H14NS. The van der Waals surface area contributed by atoms with Crippen molar-refractivity contribution in [1.29, 1.82) is 0 Å². The van der Waals surface area contributed by atoms with Crippen molar-refractivity contribution < 1.29 is 0 Å². The Morgan fingerprint density at radius 3 is 2.33 bits per heavy atom. The summed E-state index contributed by atoms with van der Waals surface area (Å²) in [6, 6.07) is 8.65. The molecule has 1 heterocycles. The Balaban J connectivity index is 2.36. The van der Waals surface area contributed by atoms with E-state index in [9.17, 15) is 0 Å². The molecule has 0 amide bonds. The Hall–Kier alpha value is -1.15. The number of hydrogen-bond donors (Lipinski definition) is 0. The van der Waals surface area contributed by atoms with Crippen molar-refractivity contribution in [3.05, 3.63) is 40.2 Å². The molecule has 1 aromatic carbocycles. The normalized spacial score (nSPS) is 10.9. The summed E-state index contributed by atoms with van der Waals surface area (Å²) in [5, 5.41) is 0. The number of aromatic nitrogens is 1. The minimum absolute atomic E-state index is 0.585. The molecular weight excluding hydrogens is 202 g/mol. The topological polar surface area (TPSA) is 12.9 Å². The Bertz CT molecular complexity index is 440.